The summed E-state index contributed by atoms with van der Waals surface area (Å²) in [7, 11) is 0. The Morgan fingerprint density at radius 3 is 2.58 bits per heavy atom. The predicted molar refractivity (Wildman–Crippen MR) is 69.5 cm³/mol. The second kappa shape index (κ2) is 5.49. The van der Waals surface area contributed by atoms with Gasteiger partial charge < -0.3 is 5.32 Å². The van der Waals surface area contributed by atoms with Crippen LogP contribution in [-0.4, -0.2) is 0 Å². The lowest BCUT2D eigenvalue weighted by molar-refractivity contribution is 0.617. The third-order valence-corrected chi connectivity index (χ3v) is 2.78. The molecule has 0 aliphatic heterocycles. The summed E-state index contributed by atoms with van der Waals surface area (Å²) in [6.07, 6.45) is 0. The number of nitriles is 1. The topological polar surface area (TPSA) is 35.8 Å². The summed E-state index contributed by atoms with van der Waals surface area (Å²) in [4.78, 5) is 0. The third-order valence-electron chi connectivity index (χ3n) is 2.78. The quantitative estimate of drug-likeness (QED) is 0.904. The minimum atomic E-state index is -0.652. The van der Waals surface area contributed by atoms with Gasteiger partial charge in [-0.3, -0.25) is 0 Å². The molecule has 0 heterocycles. The first-order valence-electron chi connectivity index (χ1n) is 5.78. The van der Waals surface area contributed by atoms with Crippen molar-refractivity contribution in [2.45, 2.75) is 13.0 Å². The summed E-state index contributed by atoms with van der Waals surface area (Å²) < 4.78 is 26.3. The number of anilines is 1. The zero-order valence-electron chi connectivity index (χ0n) is 10.3. The van der Waals surface area contributed by atoms with E-state index in [1.54, 1.807) is 31.2 Å². The van der Waals surface area contributed by atoms with Gasteiger partial charge >= 0.3 is 0 Å². The molecule has 0 saturated heterocycles. The van der Waals surface area contributed by atoms with E-state index in [1.807, 2.05) is 0 Å². The summed E-state index contributed by atoms with van der Waals surface area (Å²) in [6, 6.07) is 11.8. The number of aryl methyl sites for hydroxylation is 1. The zero-order chi connectivity index (χ0) is 13.8. The van der Waals surface area contributed by atoms with Crippen LogP contribution in [0.5, 0.6) is 0 Å². The van der Waals surface area contributed by atoms with Crippen LogP contribution in [0.2, 0.25) is 0 Å². The summed E-state index contributed by atoms with van der Waals surface area (Å²) in [6.45, 7) is 1.63. The van der Waals surface area contributed by atoms with Gasteiger partial charge in [-0.1, -0.05) is 18.2 Å². The Labute approximate surface area is 110 Å². The van der Waals surface area contributed by atoms with Gasteiger partial charge in [-0.15, -0.1) is 0 Å². The van der Waals surface area contributed by atoms with Gasteiger partial charge in [-0.05, 0) is 42.3 Å². The number of hydrogen-bond donors (Lipinski definition) is 1. The fourth-order valence-corrected chi connectivity index (χ4v) is 1.78. The van der Waals surface area contributed by atoms with Crippen LogP contribution in [0.4, 0.5) is 14.5 Å². The van der Waals surface area contributed by atoms with E-state index in [4.69, 9.17) is 0 Å². The van der Waals surface area contributed by atoms with Crippen molar-refractivity contribution in [3.8, 4) is 6.07 Å². The number of benzene rings is 2. The monoisotopic (exact) mass is 258 g/mol. The zero-order valence-corrected chi connectivity index (χ0v) is 10.3. The number of rotatable bonds is 3. The smallest absolute Gasteiger partial charge is 0.140 e. The molecule has 4 heteroatoms. The van der Waals surface area contributed by atoms with E-state index in [0.717, 1.165) is 0 Å². The Bertz CT molecular complexity index is 632. The first-order valence-corrected chi connectivity index (χ1v) is 5.78. The van der Waals surface area contributed by atoms with E-state index in [2.05, 4.69) is 11.4 Å². The standard InChI is InChI=1S/C15H12F2N2/c1-10-7-11(5-6-14(10)17)15(9-18)19-13-4-2-3-12(16)8-13/h2-8,15,19H,1H3. The van der Waals surface area contributed by atoms with E-state index in [1.165, 1.54) is 18.2 Å². The molecular formula is C15H12F2N2. The van der Waals surface area contributed by atoms with Crippen LogP contribution in [0.1, 0.15) is 17.2 Å². The van der Waals surface area contributed by atoms with Crippen LogP contribution in [0.25, 0.3) is 0 Å². The van der Waals surface area contributed by atoms with Crippen LogP contribution >= 0.6 is 0 Å². The van der Waals surface area contributed by atoms with E-state index in [9.17, 15) is 14.0 Å². The van der Waals surface area contributed by atoms with Crippen molar-refractivity contribution in [1.82, 2.24) is 0 Å². The Morgan fingerprint density at radius 2 is 1.95 bits per heavy atom. The molecule has 1 N–H and O–H groups in total. The molecular weight excluding hydrogens is 246 g/mol. The molecule has 0 aromatic heterocycles. The van der Waals surface area contributed by atoms with Gasteiger partial charge in [-0.25, -0.2) is 8.78 Å². The van der Waals surface area contributed by atoms with Gasteiger partial charge in [0, 0.05) is 5.69 Å². The van der Waals surface area contributed by atoms with Crippen LogP contribution in [0, 0.1) is 29.9 Å². The second-order valence-corrected chi connectivity index (χ2v) is 4.23. The largest absolute Gasteiger partial charge is 0.366 e. The van der Waals surface area contributed by atoms with E-state index in [-0.39, 0.29) is 11.6 Å². The predicted octanol–water partition coefficient (Wildman–Crippen LogP) is 3.95. The minimum Gasteiger partial charge on any atom is -0.366 e. The molecule has 2 aromatic rings. The van der Waals surface area contributed by atoms with Crippen LogP contribution in [0.15, 0.2) is 42.5 Å². The number of nitrogens with zero attached hydrogens (tertiary/aromatic N) is 1. The highest BCUT2D eigenvalue weighted by molar-refractivity contribution is 5.48. The molecule has 2 aromatic carbocycles. The van der Waals surface area contributed by atoms with Gasteiger partial charge in [0.25, 0.3) is 0 Å². The molecule has 0 amide bonds. The molecule has 0 saturated carbocycles. The average Bonchev–Trinajstić information content (AvgIpc) is 2.39. The van der Waals surface area contributed by atoms with E-state index < -0.39 is 6.04 Å². The molecule has 0 aliphatic rings. The van der Waals surface area contributed by atoms with Crippen molar-refractivity contribution >= 4 is 5.69 Å². The lowest BCUT2D eigenvalue weighted by Gasteiger charge is -2.14. The van der Waals surface area contributed by atoms with E-state index in [0.29, 0.717) is 16.8 Å². The van der Waals surface area contributed by atoms with Gasteiger partial charge in [0.15, 0.2) is 0 Å². The van der Waals surface area contributed by atoms with Crippen molar-refractivity contribution in [1.29, 1.82) is 5.26 Å². The average molecular weight is 258 g/mol. The minimum absolute atomic E-state index is 0.314. The maximum atomic E-state index is 13.2. The molecule has 19 heavy (non-hydrogen) atoms. The molecule has 0 bridgehead atoms. The molecule has 1 atom stereocenters. The highest BCUT2D eigenvalue weighted by Gasteiger charge is 2.12. The highest BCUT2D eigenvalue weighted by Crippen LogP contribution is 2.21. The van der Waals surface area contributed by atoms with Gasteiger partial charge in [0.2, 0.25) is 0 Å². The second-order valence-electron chi connectivity index (χ2n) is 4.23. The summed E-state index contributed by atoms with van der Waals surface area (Å²) in [5.74, 6) is -0.692. The summed E-state index contributed by atoms with van der Waals surface area (Å²) in [5, 5.41) is 12.1. The van der Waals surface area contributed by atoms with Gasteiger partial charge in [0.05, 0.1) is 6.07 Å². The number of nitrogens with one attached hydrogen (secondary N) is 1. The lowest BCUT2D eigenvalue weighted by atomic mass is 10.0. The molecule has 0 radical (unpaired) electrons. The molecule has 2 rings (SSSR count). The third kappa shape index (κ3) is 3.08. The number of hydrogen-bond acceptors (Lipinski definition) is 2. The molecule has 0 aliphatic carbocycles. The molecule has 96 valence electrons. The van der Waals surface area contributed by atoms with Crippen molar-refractivity contribution < 1.29 is 8.78 Å². The van der Waals surface area contributed by atoms with Gasteiger partial charge in [-0.2, -0.15) is 5.26 Å². The van der Waals surface area contributed by atoms with E-state index >= 15 is 0 Å². The van der Waals surface area contributed by atoms with Crippen LogP contribution in [0.3, 0.4) is 0 Å². The Balaban J connectivity index is 2.25. The van der Waals surface area contributed by atoms with Crippen molar-refractivity contribution in [2.24, 2.45) is 0 Å². The number of halogens is 2. The molecule has 0 fully saturated rings. The Kier molecular flexibility index (Phi) is 3.76. The fourth-order valence-electron chi connectivity index (χ4n) is 1.78. The van der Waals surface area contributed by atoms with Gasteiger partial charge in [0.1, 0.15) is 17.7 Å². The fraction of sp³-hybridized carbons (Fsp3) is 0.133. The first kappa shape index (κ1) is 13.0. The van der Waals surface area contributed by atoms with Crippen molar-refractivity contribution in [2.75, 3.05) is 5.32 Å². The summed E-state index contributed by atoms with van der Waals surface area (Å²) in [5.41, 5.74) is 1.62. The maximum absolute atomic E-state index is 13.2. The van der Waals surface area contributed by atoms with Crippen molar-refractivity contribution in [3.63, 3.8) is 0 Å². The molecule has 1 unspecified atom stereocenters. The van der Waals surface area contributed by atoms with Crippen LogP contribution < -0.4 is 5.32 Å². The molecule has 2 nitrogen and oxygen atoms in total. The first-order chi connectivity index (χ1) is 9.10. The maximum Gasteiger partial charge on any atom is 0.140 e. The SMILES string of the molecule is Cc1cc(C(C#N)Nc2cccc(F)c2)ccc1F. The highest BCUT2D eigenvalue weighted by atomic mass is 19.1. The normalized spacial score (nSPS) is 11.7. The molecule has 0 spiro atoms. The lowest BCUT2D eigenvalue weighted by Crippen LogP contribution is -2.09. The Morgan fingerprint density at radius 1 is 1.16 bits per heavy atom. The van der Waals surface area contributed by atoms with Crippen LogP contribution in [-0.2, 0) is 0 Å². The van der Waals surface area contributed by atoms with Crippen molar-refractivity contribution in [3.05, 3.63) is 65.2 Å². The summed E-state index contributed by atoms with van der Waals surface area (Å²) >= 11 is 0. The Hall–Kier alpha value is -2.41.